The molecule has 1 heterocycles. The molecule has 3 aromatic rings. The highest BCUT2D eigenvalue weighted by Crippen LogP contribution is 2.43. The molecule has 2 unspecified atom stereocenters. The Morgan fingerprint density at radius 1 is 0.889 bits per heavy atom. The van der Waals surface area contributed by atoms with Gasteiger partial charge in [-0.1, -0.05) is 78.9 Å². The molecule has 1 aliphatic heterocycles. The molecule has 5 heteroatoms. The quantitative estimate of drug-likeness (QED) is 0.507. The average molecular weight is 357 g/mol. The standard InChI is InChI=1S/C22H15NO4/c23-15-22(17-9-2-1-3-10-17)25-21(26-27-22)20-13-7-6-12-19(20)18-11-5-4-8-16(18)14-24/h1-14,21H. The van der Waals surface area contributed by atoms with E-state index >= 15 is 0 Å². The van der Waals surface area contributed by atoms with Crippen molar-refractivity contribution in [3.05, 3.63) is 95.6 Å². The number of ether oxygens (including phenoxy) is 1. The van der Waals surface area contributed by atoms with Gasteiger partial charge in [0.15, 0.2) is 6.29 Å². The van der Waals surface area contributed by atoms with Gasteiger partial charge in [-0.3, -0.25) is 9.53 Å². The molecule has 0 aliphatic carbocycles. The van der Waals surface area contributed by atoms with E-state index in [0.717, 1.165) is 17.4 Å². The summed E-state index contributed by atoms with van der Waals surface area (Å²) in [6, 6.07) is 25.6. The molecule has 0 spiro atoms. The molecule has 2 atom stereocenters. The van der Waals surface area contributed by atoms with Crippen LogP contribution in [0, 0.1) is 11.3 Å². The lowest BCUT2D eigenvalue weighted by molar-refractivity contribution is -0.320. The first-order chi connectivity index (χ1) is 13.3. The fourth-order valence-corrected chi connectivity index (χ4v) is 3.09. The van der Waals surface area contributed by atoms with Gasteiger partial charge in [0.2, 0.25) is 6.29 Å². The van der Waals surface area contributed by atoms with Crippen LogP contribution in [0.1, 0.15) is 27.8 Å². The SMILES string of the molecule is N#CC1(c2ccccc2)OOC(c2ccccc2-c2ccccc2C=O)O1. The highest BCUT2D eigenvalue weighted by molar-refractivity contribution is 5.88. The van der Waals surface area contributed by atoms with Gasteiger partial charge in [-0.05, 0) is 11.1 Å². The number of nitriles is 1. The third-order valence-corrected chi connectivity index (χ3v) is 4.42. The molecule has 3 aromatic carbocycles. The van der Waals surface area contributed by atoms with Crippen LogP contribution in [0.5, 0.6) is 0 Å². The van der Waals surface area contributed by atoms with Crippen LogP contribution in [0.3, 0.4) is 0 Å². The molecule has 1 aliphatic rings. The maximum absolute atomic E-state index is 11.4. The Labute approximate surface area is 156 Å². The van der Waals surface area contributed by atoms with Gasteiger partial charge in [-0.15, -0.1) is 0 Å². The predicted molar refractivity (Wildman–Crippen MR) is 97.0 cm³/mol. The van der Waals surface area contributed by atoms with E-state index in [9.17, 15) is 10.1 Å². The Hall–Kier alpha value is -3.30. The highest BCUT2D eigenvalue weighted by Gasteiger charge is 2.47. The number of carbonyl (C=O) groups excluding carboxylic acids is 1. The number of benzene rings is 3. The minimum atomic E-state index is -1.65. The van der Waals surface area contributed by atoms with Crippen LogP contribution < -0.4 is 0 Å². The van der Waals surface area contributed by atoms with Crippen LogP contribution in [-0.4, -0.2) is 6.29 Å². The molecule has 0 amide bonds. The van der Waals surface area contributed by atoms with E-state index in [1.54, 1.807) is 36.4 Å². The van der Waals surface area contributed by atoms with Gasteiger partial charge in [0.1, 0.15) is 6.07 Å². The smallest absolute Gasteiger partial charge is 0.298 e. The summed E-state index contributed by atoms with van der Waals surface area (Å²) in [5, 5.41) is 9.68. The number of aldehydes is 1. The van der Waals surface area contributed by atoms with Gasteiger partial charge >= 0.3 is 5.79 Å². The second kappa shape index (κ2) is 7.14. The zero-order chi connectivity index (χ0) is 18.7. The molecule has 0 bridgehead atoms. The summed E-state index contributed by atoms with van der Waals surface area (Å²) in [6.07, 6.45) is -0.108. The van der Waals surface area contributed by atoms with Crippen molar-refractivity contribution in [2.75, 3.05) is 0 Å². The van der Waals surface area contributed by atoms with Crippen LogP contribution in [0.4, 0.5) is 0 Å². The molecule has 0 aromatic heterocycles. The van der Waals surface area contributed by atoms with Crippen LogP contribution >= 0.6 is 0 Å². The zero-order valence-corrected chi connectivity index (χ0v) is 14.2. The molecule has 0 N–H and O–H groups in total. The van der Waals surface area contributed by atoms with E-state index in [0.29, 0.717) is 16.7 Å². The third-order valence-electron chi connectivity index (χ3n) is 4.42. The first-order valence-electron chi connectivity index (χ1n) is 8.40. The molecule has 0 saturated carbocycles. The molecule has 4 rings (SSSR count). The second-order valence-electron chi connectivity index (χ2n) is 6.02. The zero-order valence-electron chi connectivity index (χ0n) is 14.2. The van der Waals surface area contributed by atoms with Crippen molar-refractivity contribution in [3.63, 3.8) is 0 Å². The van der Waals surface area contributed by atoms with E-state index in [1.165, 1.54) is 0 Å². The van der Waals surface area contributed by atoms with Crippen molar-refractivity contribution >= 4 is 6.29 Å². The van der Waals surface area contributed by atoms with Crippen molar-refractivity contribution in [3.8, 4) is 17.2 Å². The summed E-state index contributed by atoms with van der Waals surface area (Å²) in [7, 11) is 0. The number of rotatable bonds is 4. The third kappa shape index (κ3) is 3.03. The number of carbonyl (C=O) groups is 1. The number of nitrogens with zero attached hydrogens (tertiary/aromatic N) is 1. The Morgan fingerprint density at radius 3 is 2.30 bits per heavy atom. The van der Waals surface area contributed by atoms with E-state index in [4.69, 9.17) is 14.5 Å². The molecule has 1 fully saturated rings. The summed E-state index contributed by atoms with van der Waals surface area (Å²) < 4.78 is 5.91. The summed E-state index contributed by atoms with van der Waals surface area (Å²) in [6.45, 7) is 0. The monoisotopic (exact) mass is 357 g/mol. The molecule has 132 valence electrons. The van der Waals surface area contributed by atoms with Crippen LogP contribution in [-0.2, 0) is 20.3 Å². The normalized spacial score (nSPS) is 21.5. The van der Waals surface area contributed by atoms with Gasteiger partial charge in [0.05, 0.1) is 0 Å². The van der Waals surface area contributed by atoms with Gasteiger partial charge in [0.25, 0.3) is 0 Å². The fourth-order valence-electron chi connectivity index (χ4n) is 3.09. The molecule has 0 radical (unpaired) electrons. The summed E-state index contributed by atoms with van der Waals surface area (Å²) >= 11 is 0. The van der Waals surface area contributed by atoms with E-state index in [1.807, 2.05) is 48.5 Å². The van der Waals surface area contributed by atoms with Gasteiger partial charge in [-0.2, -0.15) is 15.0 Å². The van der Waals surface area contributed by atoms with Crippen molar-refractivity contribution < 1.29 is 19.3 Å². The molecule has 5 nitrogen and oxygen atoms in total. The van der Waals surface area contributed by atoms with E-state index in [2.05, 4.69) is 0 Å². The van der Waals surface area contributed by atoms with E-state index < -0.39 is 12.1 Å². The van der Waals surface area contributed by atoms with Crippen LogP contribution in [0.15, 0.2) is 78.9 Å². The lowest BCUT2D eigenvalue weighted by Gasteiger charge is -2.18. The average Bonchev–Trinajstić information content (AvgIpc) is 3.20. The van der Waals surface area contributed by atoms with Crippen molar-refractivity contribution in [2.24, 2.45) is 0 Å². The minimum absolute atomic E-state index is 0.542. The molecular weight excluding hydrogens is 342 g/mol. The Balaban J connectivity index is 1.74. The Bertz CT molecular complexity index is 1010. The first kappa shape index (κ1) is 17.1. The number of hydrogen-bond acceptors (Lipinski definition) is 5. The van der Waals surface area contributed by atoms with Crippen molar-refractivity contribution in [1.29, 1.82) is 5.26 Å². The Kier molecular flexibility index (Phi) is 4.53. The highest BCUT2D eigenvalue weighted by atomic mass is 17.3. The van der Waals surface area contributed by atoms with Crippen molar-refractivity contribution in [1.82, 2.24) is 0 Å². The van der Waals surface area contributed by atoms with Gasteiger partial charge in [-0.25, -0.2) is 0 Å². The molecular formula is C22H15NO4. The number of hydrogen-bond donors (Lipinski definition) is 0. The minimum Gasteiger partial charge on any atom is -0.298 e. The summed E-state index contributed by atoms with van der Waals surface area (Å²) in [5.74, 6) is -1.65. The fraction of sp³-hybridized carbons (Fsp3) is 0.0909. The van der Waals surface area contributed by atoms with Crippen LogP contribution in [0.2, 0.25) is 0 Å². The largest absolute Gasteiger partial charge is 0.318 e. The lowest BCUT2D eigenvalue weighted by Crippen LogP contribution is -2.24. The van der Waals surface area contributed by atoms with Gasteiger partial charge in [0, 0.05) is 16.7 Å². The van der Waals surface area contributed by atoms with E-state index in [-0.39, 0.29) is 0 Å². The maximum Gasteiger partial charge on any atom is 0.318 e. The van der Waals surface area contributed by atoms with Crippen LogP contribution in [0.25, 0.3) is 11.1 Å². The predicted octanol–water partition coefficient (Wildman–Crippen LogP) is 4.52. The molecule has 27 heavy (non-hydrogen) atoms. The summed E-state index contributed by atoms with van der Waals surface area (Å²) in [5.41, 5.74) is 3.29. The Morgan fingerprint density at radius 2 is 1.56 bits per heavy atom. The maximum atomic E-state index is 11.4. The van der Waals surface area contributed by atoms with Crippen molar-refractivity contribution in [2.45, 2.75) is 12.1 Å². The first-order valence-corrected chi connectivity index (χ1v) is 8.40. The summed E-state index contributed by atoms with van der Waals surface area (Å²) in [4.78, 5) is 22.2. The molecule has 1 saturated heterocycles. The lowest BCUT2D eigenvalue weighted by atomic mass is 9.95. The topological polar surface area (TPSA) is 68.5 Å². The van der Waals surface area contributed by atoms with Gasteiger partial charge < -0.3 is 0 Å². The second-order valence-corrected chi connectivity index (χ2v) is 6.02.